The Morgan fingerprint density at radius 3 is 1.21 bits per heavy atom. The van der Waals surface area contributed by atoms with Crippen LogP contribution >= 0.6 is 0 Å². The zero-order valence-electron chi connectivity index (χ0n) is 14.6. The fraction of sp³-hybridized carbons (Fsp3) is 1.00. The molecule has 0 aromatic carbocycles. The van der Waals surface area contributed by atoms with Gasteiger partial charge < -0.3 is 0 Å². The number of unbranched alkanes of at least 4 members (excludes halogenated alkanes) is 3. The average Bonchev–Trinajstić information content (AvgIpc) is 2.38. The predicted molar refractivity (Wildman–Crippen MR) is 106 cm³/mol. The summed E-state index contributed by atoms with van der Waals surface area (Å²) in [5, 5.41) is 0. The fourth-order valence-electron chi connectivity index (χ4n) is 3.42. The van der Waals surface area contributed by atoms with E-state index in [0.717, 1.165) is 0 Å². The van der Waals surface area contributed by atoms with Crippen LogP contribution in [-0.2, 0) is 0 Å². The van der Waals surface area contributed by atoms with Crippen molar-refractivity contribution in [2.45, 2.75) is 84.8 Å². The molecule has 0 saturated heterocycles. The number of hydrogen-bond acceptors (Lipinski definition) is 0. The van der Waals surface area contributed by atoms with Crippen LogP contribution < -0.4 is 0 Å². The van der Waals surface area contributed by atoms with Crippen LogP contribution in [0.2, 0.25) is 25.5 Å². The van der Waals surface area contributed by atoms with Crippen molar-refractivity contribution in [3.05, 3.63) is 0 Å². The van der Waals surface area contributed by atoms with Crippen molar-refractivity contribution < 1.29 is 0 Å². The second-order valence-corrected chi connectivity index (χ2v) is 64.2. The molecule has 0 aliphatic carbocycles. The van der Waals surface area contributed by atoms with E-state index >= 15 is 0 Å². The molecule has 0 saturated carbocycles. The quantitative estimate of drug-likeness (QED) is 0.224. The molecule has 116 valence electrons. The summed E-state index contributed by atoms with van der Waals surface area (Å²) in [6.07, 6.45) is 9.25. The molecule has 0 nitrogen and oxygen atoms in total. The maximum absolute atomic E-state index is 2.77. The Bertz CT molecular complexity index is 171. The second-order valence-electron chi connectivity index (χ2n) is 6.89. The van der Waals surface area contributed by atoms with Gasteiger partial charge in [0.05, 0.1) is 0 Å². The van der Waals surface area contributed by atoms with Crippen LogP contribution in [0.25, 0.3) is 0 Å². The Labute approximate surface area is 155 Å². The summed E-state index contributed by atoms with van der Waals surface area (Å²) in [5.74, 6) is 0. The first kappa shape index (κ1) is 21.6. The van der Waals surface area contributed by atoms with Crippen molar-refractivity contribution in [3.63, 3.8) is 0 Å². The Morgan fingerprint density at radius 2 is 1.00 bits per heavy atom. The monoisotopic (exact) mass is 608 g/mol. The summed E-state index contributed by atoms with van der Waals surface area (Å²) in [6, 6.07) is 0. The van der Waals surface area contributed by atoms with Crippen molar-refractivity contribution >= 4 is 72.2 Å². The molecule has 0 atom stereocenters. The van der Waals surface area contributed by atoms with Crippen LogP contribution in [0, 0.1) is 0 Å². The molecule has 0 aromatic heterocycles. The molecular formula is C15H40SiSn3. The van der Waals surface area contributed by atoms with Gasteiger partial charge in [0.1, 0.15) is 0 Å². The van der Waals surface area contributed by atoms with Gasteiger partial charge in [0.15, 0.2) is 0 Å². The Morgan fingerprint density at radius 1 is 0.684 bits per heavy atom. The molecule has 0 aromatic rings. The molecule has 0 fully saturated rings. The van der Waals surface area contributed by atoms with Crippen LogP contribution in [0.4, 0.5) is 0 Å². The standard InChI is InChI=1S/3C4H9.C3H7Si.3Sn.6H/c3*1-3-4-2;1-4(2)3;;;;;;;;;/h3*1,3-4H2,2H3;4H,1-2H3;;;;;;;;;. The van der Waals surface area contributed by atoms with Crippen LogP contribution in [0.3, 0.4) is 0 Å². The zero-order valence-corrected chi connectivity index (χ0v) is 27.8. The average molecular weight is 605 g/mol. The molecule has 0 N–H and O–H groups in total. The Hall–Kier alpha value is 2.61. The van der Waals surface area contributed by atoms with Gasteiger partial charge in [0, 0.05) is 0 Å². The third kappa shape index (κ3) is 10.1. The van der Waals surface area contributed by atoms with Gasteiger partial charge in [-0.05, 0) is 0 Å². The van der Waals surface area contributed by atoms with E-state index in [2.05, 4.69) is 33.9 Å². The SMILES string of the molecule is CCC[CH2][SnH2][C]([SnH2][CH2]CCC)([SnH2][CH2]CCC)[SiH](C)C. The molecular weight excluding hydrogens is 564 g/mol. The van der Waals surface area contributed by atoms with Gasteiger partial charge in [0.25, 0.3) is 0 Å². The van der Waals surface area contributed by atoms with Crippen LogP contribution in [0.1, 0.15) is 59.3 Å². The molecule has 0 amide bonds. The van der Waals surface area contributed by atoms with E-state index < -0.39 is 0 Å². The molecule has 0 bridgehead atoms. The van der Waals surface area contributed by atoms with E-state index in [9.17, 15) is 0 Å². The van der Waals surface area contributed by atoms with Gasteiger partial charge in [0.2, 0.25) is 0 Å². The van der Waals surface area contributed by atoms with Gasteiger partial charge in [-0.25, -0.2) is 0 Å². The van der Waals surface area contributed by atoms with Crippen LogP contribution in [0.5, 0.6) is 0 Å². The molecule has 0 heterocycles. The van der Waals surface area contributed by atoms with E-state index in [1.165, 1.54) is 18.3 Å². The van der Waals surface area contributed by atoms with Gasteiger partial charge in [-0.1, -0.05) is 0 Å². The van der Waals surface area contributed by atoms with Crippen molar-refractivity contribution in [3.8, 4) is 0 Å². The molecule has 0 spiro atoms. The van der Waals surface area contributed by atoms with Crippen molar-refractivity contribution in [1.82, 2.24) is 0 Å². The van der Waals surface area contributed by atoms with Gasteiger partial charge in [-0.2, -0.15) is 0 Å². The van der Waals surface area contributed by atoms with E-state index in [1.807, 2.05) is 0 Å². The van der Waals surface area contributed by atoms with E-state index in [4.69, 9.17) is 0 Å². The second kappa shape index (κ2) is 14.2. The van der Waals surface area contributed by atoms with E-state index in [0.29, 0.717) is 0 Å². The van der Waals surface area contributed by atoms with Crippen LogP contribution in [-0.4, -0.2) is 72.2 Å². The molecule has 0 rings (SSSR count). The Kier molecular flexibility index (Phi) is 16.2. The summed E-state index contributed by atoms with van der Waals surface area (Å²) < 4.78 is 6.82. The number of hydrogen-bond donors (Lipinski definition) is 0. The molecule has 0 aliphatic heterocycles. The van der Waals surface area contributed by atoms with E-state index in [1.54, 1.807) is 32.6 Å². The predicted octanol–water partition coefficient (Wildman–Crippen LogP) is 3.25. The summed E-state index contributed by atoms with van der Waals surface area (Å²) in [5.41, 5.74) is 0. The third-order valence-corrected chi connectivity index (χ3v) is 90.7. The molecule has 19 heavy (non-hydrogen) atoms. The first-order valence-corrected chi connectivity index (χ1v) is 26.6. The Balaban J connectivity index is 4.48. The van der Waals surface area contributed by atoms with Crippen molar-refractivity contribution in [2.24, 2.45) is 0 Å². The van der Waals surface area contributed by atoms with Crippen LogP contribution in [0.15, 0.2) is 0 Å². The molecule has 0 unspecified atom stereocenters. The van der Waals surface area contributed by atoms with Gasteiger partial charge >= 0.3 is 157 Å². The van der Waals surface area contributed by atoms with Gasteiger partial charge in [-0.3, -0.25) is 0 Å². The minimum absolute atomic E-state index is 0.269. The van der Waals surface area contributed by atoms with Gasteiger partial charge in [-0.15, -0.1) is 0 Å². The first-order valence-electron chi connectivity index (χ1n) is 9.13. The molecule has 4 heteroatoms. The first-order chi connectivity index (χ1) is 9.13. The third-order valence-electron chi connectivity index (χ3n) is 5.06. The summed E-state index contributed by atoms with van der Waals surface area (Å²) in [4.78, 5) is 0. The van der Waals surface area contributed by atoms with E-state index in [-0.39, 0.29) is 72.2 Å². The summed E-state index contributed by atoms with van der Waals surface area (Å²) >= 11 is -1.05. The summed E-state index contributed by atoms with van der Waals surface area (Å²) in [7, 11) is -0.269. The summed E-state index contributed by atoms with van der Waals surface area (Å²) in [6.45, 7) is 12.8. The van der Waals surface area contributed by atoms with Crippen molar-refractivity contribution in [1.29, 1.82) is 0 Å². The molecule has 0 aliphatic rings. The fourth-order valence-corrected chi connectivity index (χ4v) is 81.8. The normalized spacial score (nSPS) is 16.7. The molecule has 0 radical (unpaired) electrons. The zero-order chi connectivity index (χ0) is 14.6. The number of rotatable bonds is 13. The topological polar surface area (TPSA) is 0 Å². The maximum atomic E-state index is 2.77. The van der Waals surface area contributed by atoms with Crippen molar-refractivity contribution in [2.75, 3.05) is 0 Å². The minimum atomic E-state index is -0.351.